The number of aromatic nitrogens is 2. The molecule has 60 valence electrons. The summed E-state index contributed by atoms with van der Waals surface area (Å²) in [7, 11) is 0. The summed E-state index contributed by atoms with van der Waals surface area (Å²) in [6.07, 6.45) is 1.45. The molecular weight excluding hydrogens is 150 g/mol. The van der Waals surface area contributed by atoms with Crippen LogP contribution in [0.2, 0.25) is 0 Å². The molecule has 1 rings (SSSR count). The van der Waals surface area contributed by atoms with Crippen LogP contribution < -0.4 is 0 Å². The minimum absolute atomic E-state index is 0.388. The van der Waals surface area contributed by atoms with E-state index in [1.165, 1.54) is 0 Å². The van der Waals surface area contributed by atoms with Gasteiger partial charge in [0.15, 0.2) is 0 Å². The normalized spacial score (nSPS) is 9.91. The molecule has 0 amide bonds. The molecule has 0 N–H and O–H groups in total. The van der Waals surface area contributed by atoms with Crippen molar-refractivity contribution in [2.45, 2.75) is 19.8 Å². The Bertz CT molecular complexity index is 257. The maximum atomic E-state index is 10.0. The maximum Gasteiger partial charge on any atom is 0.568 e. The Morgan fingerprint density at radius 1 is 1.73 bits per heavy atom. The SMILES string of the molecule is CCCc1noc([N+](=O)[O-])n1. The molecule has 0 aromatic carbocycles. The predicted molar refractivity (Wildman–Crippen MR) is 34.9 cm³/mol. The van der Waals surface area contributed by atoms with Crippen molar-refractivity contribution < 1.29 is 9.45 Å². The molecule has 0 saturated heterocycles. The van der Waals surface area contributed by atoms with Crippen LogP contribution in [-0.4, -0.2) is 15.1 Å². The van der Waals surface area contributed by atoms with E-state index in [4.69, 9.17) is 0 Å². The van der Waals surface area contributed by atoms with Crippen molar-refractivity contribution in [3.63, 3.8) is 0 Å². The van der Waals surface area contributed by atoms with Crippen LogP contribution >= 0.6 is 0 Å². The molecule has 1 aromatic heterocycles. The number of rotatable bonds is 3. The second-order valence-electron chi connectivity index (χ2n) is 2.00. The molecule has 0 atom stereocenters. The van der Waals surface area contributed by atoms with Gasteiger partial charge in [-0.3, -0.25) is 4.52 Å². The van der Waals surface area contributed by atoms with Gasteiger partial charge in [0.05, 0.1) is 0 Å². The quantitative estimate of drug-likeness (QED) is 0.481. The first kappa shape index (κ1) is 7.64. The average Bonchev–Trinajstić information content (AvgIpc) is 2.37. The summed E-state index contributed by atoms with van der Waals surface area (Å²) in [5.41, 5.74) is 0. The number of hydrogen-bond donors (Lipinski definition) is 0. The van der Waals surface area contributed by atoms with E-state index in [1.807, 2.05) is 6.92 Å². The summed E-state index contributed by atoms with van der Waals surface area (Å²) in [5.74, 6) is 0.388. The second-order valence-corrected chi connectivity index (χ2v) is 2.00. The summed E-state index contributed by atoms with van der Waals surface area (Å²) in [5, 5.41) is 13.4. The van der Waals surface area contributed by atoms with Gasteiger partial charge in [0.2, 0.25) is 0 Å². The summed E-state index contributed by atoms with van der Waals surface area (Å²) < 4.78 is 4.32. The van der Waals surface area contributed by atoms with Crippen molar-refractivity contribution in [3.8, 4) is 0 Å². The lowest BCUT2D eigenvalue weighted by Gasteiger charge is -1.78. The highest BCUT2D eigenvalue weighted by Crippen LogP contribution is 2.06. The highest BCUT2D eigenvalue weighted by atomic mass is 16.7. The first-order chi connectivity index (χ1) is 5.24. The zero-order valence-corrected chi connectivity index (χ0v) is 5.98. The lowest BCUT2D eigenvalue weighted by atomic mass is 10.3. The molecule has 0 radical (unpaired) electrons. The van der Waals surface area contributed by atoms with E-state index < -0.39 is 10.9 Å². The average molecular weight is 157 g/mol. The first-order valence-corrected chi connectivity index (χ1v) is 3.21. The Hall–Kier alpha value is -1.46. The third-order valence-corrected chi connectivity index (χ3v) is 1.09. The number of nitro groups is 1. The molecule has 0 fully saturated rings. The lowest BCUT2D eigenvalue weighted by molar-refractivity contribution is -0.408. The fraction of sp³-hybridized carbons (Fsp3) is 0.600. The highest BCUT2D eigenvalue weighted by Gasteiger charge is 2.17. The molecule has 0 aliphatic heterocycles. The number of nitrogens with zero attached hydrogens (tertiary/aromatic N) is 3. The first-order valence-electron chi connectivity index (χ1n) is 3.21. The van der Waals surface area contributed by atoms with Gasteiger partial charge in [0, 0.05) is 16.3 Å². The fourth-order valence-corrected chi connectivity index (χ4v) is 0.644. The van der Waals surface area contributed by atoms with E-state index in [-0.39, 0.29) is 0 Å². The Morgan fingerprint density at radius 2 is 2.45 bits per heavy atom. The van der Waals surface area contributed by atoms with Crippen LogP contribution in [0.5, 0.6) is 0 Å². The topological polar surface area (TPSA) is 82.1 Å². The van der Waals surface area contributed by atoms with Gasteiger partial charge in [-0.2, -0.15) is 0 Å². The van der Waals surface area contributed by atoms with E-state index in [1.54, 1.807) is 0 Å². The molecular formula is C5H7N3O3. The van der Waals surface area contributed by atoms with E-state index in [9.17, 15) is 10.1 Å². The van der Waals surface area contributed by atoms with Crippen LogP contribution in [0.25, 0.3) is 0 Å². The molecule has 11 heavy (non-hydrogen) atoms. The molecule has 0 unspecified atom stereocenters. The molecule has 0 aliphatic carbocycles. The lowest BCUT2D eigenvalue weighted by Crippen LogP contribution is -1.89. The number of aryl methyl sites for hydroxylation is 1. The van der Waals surface area contributed by atoms with Crippen molar-refractivity contribution in [2.24, 2.45) is 0 Å². The van der Waals surface area contributed by atoms with E-state index in [0.717, 1.165) is 6.42 Å². The summed E-state index contributed by atoms with van der Waals surface area (Å²) in [6.45, 7) is 1.93. The van der Waals surface area contributed by atoms with Crippen LogP contribution in [0.15, 0.2) is 4.52 Å². The van der Waals surface area contributed by atoms with Crippen LogP contribution in [-0.2, 0) is 6.42 Å². The van der Waals surface area contributed by atoms with E-state index >= 15 is 0 Å². The Morgan fingerprint density at radius 3 is 2.91 bits per heavy atom. The van der Waals surface area contributed by atoms with E-state index in [2.05, 4.69) is 14.7 Å². The van der Waals surface area contributed by atoms with Crippen molar-refractivity contribution in [2.75, 3.05) is 0 Å². The standard InChI is InChI=1S/C5H7N3O3/c1-2-3-4-6-5(8(9)10)11-7-4/h2-3H2,1H3. The minimum Gasteiger partial charge on any atom is -0.355 e. The van der Waals surface area contributed by atoms with Gasteiger partial charge < -0.3 is 10.1 Å². The number of hydrogen-bond acceptors (Lipinski definition) is 5. The summed E-state index contributed by atoms with van der Waals surface area (Å²) in [6, 6.07) is -0.534. The van der Waals surface area contributed by atoms with Crippen LogP contribution in [0.1, 0.15) is 19.2 Å². The Labute approximate surface area is 62.4 Å². The monoisotopic (exact) mass is 157 g/mol. The van der Waals surface area contributed by atoms with Gasteiger partial charge >= 0.3 is 6.01 Å². The molecule has 6 nitrogen and oxygen atoms in total. The highest BCUT2D eigenvalue weighted by molar-refractivity contribution is 4.96. The smallest absolute Gasteiger partial charge is 0.355 e. The van der Waals surface area contributed by atoms with Crippen molar-refractivity contribution in [3.05, 3.63) is 15.9 Å². The van der Waals surface area contributed by atoms with Crippen molar-refractivity contribution in [1.82, 2.24) is 10.1 Å². The van der Waals surface area contributed by atoms with Gasteiger partial charge in [-0.25, -0.2) is 0 Å². The van der Waals surface area contributed by atoms with Gasteiger partial charge in [-0.05, 0) is 11.6 Å². The summed E-state index contributed by atoms with van der Waals surface area (Å²) >= 11 is 0. The van der Waals surface area contributed by atoms with Gasteiger partial charge in [0.1, 0.15) is 0 Å². The second kappa shape index (κ2) is 3.09. The molecule has 0 aliphatic rings. The van der Waals surface area contributed by atoms with Crippen molar-refractivity contribution in [1.29, 1.82) is 0 Å². The maximum absolute atomic E-state index is 10.0. The molecule has 1 heterocycles. The molecule has 0 spiro atoms. The Balaban J connectivity index is 2.73. The van der Waals surface area contributed by atoms with Crippen LogP contribution in [0.4, 0.5) is 6.01 Å². The van der Waals surface area contributed by atoms with Gasteiger partial charge in [0.25, 0.3) is 5.82 Å². The molecule has 0 bridgehead atoms. The molecule has 6 heteroatoms. The molecule has 0 saturated carbocycles. The fourth-order valence-electron chi connectivity index (χ4n) is 0.644. The van der Waals surface area contributed by atoms with Crippen LogP contribution in [0, 0.1) is 10.1 Å². The van der Waals surface area contributed by atoms with Gasteiger partial charge in [-0.15, -0.1) is 0 Å². The zero-order valence-electron chi connectivity index (χ0n) is 5.98. The summed E-state index contributed by atoms with van der Waals surface area (Å²) in [4.78, 5) is 12.8. The molecule has 1 aromatic rings. The van der Waals surface area contributed by atoms with E-state index in [0.29, 0.717) is 12.2 Å². The third-order valence-electron chi connectivity index (χ3n) is 1.09. The predicted octanol–water partition coefficient (Wildman–Crippen LogP) is 0.930. The minimum atomic E-state index is -0.702. The van der Waals surface area contributed by atoms with Crippen LogP contribution in [0.3, 0.4) is 0 Å². The zero-order chi connectivity index (χ0) is 8.27. The van der Waals surface area contributed by atoms with Gasteiger partial charge in [-0.1, -0.05) is 6.92 Å². The third kappa shape index (κ3) is 1.73. The largest absolute Gasteiger partial charge is 0.568 e. The van der Waals surface area contributed by atoms with Crippen molar-refractivity contribution >= 4 is 6.01 Å². The Kier molecular flexibility index (Phi) is 2.15.